The number of carbonyl (C=O) groups is 1. The minimum atomic E-state index is -0.727. The second-order valence-corrected chi connectivity index (χ2v) is 7.50. The van der Waals surface area contributed by atoms with Gasteiger partial charge in [0.15, 0.2) is 5.78 Å². The van der Waals surface area contributed by atoms with Crippen molar-refractivity contribution in [1.82, 2.24) is 0 Å². The Balaban J connectivity index is 1.48. The third-order valence-corrected chi connectivity index (χ3v) is 5.20. The van der Waals surface area contributed by atoms with Crippen LogP contribution in [-0.2, 0) is 38.8 Å². The number of carbonyl (C=O) groups excluding carboxylic acids is 1. The summed E-state index contributed by atoms with van der Waals surface area (Å²) in [4.78, 5) is 12.7. The summed E-state index contributed by atoms with van der Waals surface area (Å²) in [6, 6.07) is 29.7. The highest BCUT2D eigenvalue weighted by atomic mass is 16.6. The van der Waals surface area contributed by atoms with Crippen molar-refractivity contribution < 1.29 is 19.0 Å². The van der Waals surface area contributed by atoms with Crippen molar-refractivity contribution >= 4 is 5.78 Å². The van der Waals surface area contributed by atoms with Crippen LogP contribution >= 0.6 is 0 Å². The Morgan fingerprint density at radius 1 is 0.581 bits per heavy atom. The summed E-state index contributed by atoms with van der Waals surface area (Å²) < 4.78 is 18.4. The van der Waals surface area contributed by atoms with Gasteiger partial charge in [0.1, 0.15) is 18.3 Å². The maximum absolute atomic E-state index is 12.7. The smallest absolute Gasteiger partial charge is 0.186 e. The predicted octanol–water partition coefficient (Wildman–Crippen LogP) is 4.88. The fourth-order valence-corrected chi connectivity index (χ4v) is 3.53. The summed E-state index contributed by atoms with van der Waals surface area (Å²) in [6.07, 6.45) is 1.68. The van der Waals surface area contributed by atoms with Crippen LogP contribution in [0.5, 0.6) is 0 Å². The molecule has 4 heteroatoms. The van der Waals surface area contributed by atoms with Crippen molar-refractivity contribution in [3.8, 4) is 0 Å². The van der Waals surface area contributed by atoms with Gasteiger partial charge in [-0.2, -0.15) is 0 Å². The highest BCUT2D eigenvalue weighted by molar-refractivity contribution is 5.95. The van der Waals surface area contributed by atoms with Crippen LogP contribution in [0.1, 0.15) is 16.7 Å². The van der Waals surface area contributed by atoms with Crippen molar-refractivity contribution in [3.63, 3.8) is 0 Å². The van der Waals surface area contributed by atoms with Gasteiger partial charge in [0.2, 0.25) is 0 Å². The van der Waals surface area contributed by atoms with Crippen LogP contribution < -0.4 is 0 Å². The van der Waals surface area contributed by atoms with Gasteiger partial charge in [-0.15, -0.1) is 0 Å². The molecule has 0 bridgehead atoms. The molecule has 1 aliphatic carbocycles. The van der Waals surface area contributed by atoms with Crippen LogP contribution in [0.4, 0.5) is 0 Å². The van der Waals surface area contributed by atoms with E-state index in [1.807, 2.05) is 91.0 Å². The van der Waals surface area contributed by atoms with E-state index in [2.05, 4.69) is 0 Å². The molecule has 3 aromatic carbocycles. The summed E-state index contributed by atoms with van der Waals surface area (Å²) >= 11 is 0. The molecule has 3 aromatic rings. The molecule has 1 aliphatic rings. The zero-order chi connectivity index (χ0) is 21.3. The first kappa shape index (κ1) is 21.2. The predicted molar refractivity (Wildman–Crippen MR) is 119 cm³/mol. The van der Waals surface area contributed by atoms with Crippen LogP contribution in [0.3, 0.4) is 0 Å². The third kappa shape index (κ3) is 5.98. The lowest BCUT2D eigenvalue weighted by Crippen LogP contribution is -2.48. The average molecular weight is 415 g/mol. The number of hydrogen-bond acceptors (Lipinski definition) is 4. The number of rotatable bonds is 9. The Morgan fingerprint density at radius 2 is 1.03 bits per heavy atom. The lowest BCUT2D eigenvalue weighted by atomic mass is 9.96. The highest BCUT2D eigenvalue weighted by Crippen LogP contribution is 2.23. The van der Waals surface area contributed by atoms with Crippen molar-refractivity contribution in [2.45, 2.75) is 38.1 Å². The maximum Gasteiger partial charge on any atom is 0.186 e. The van der Waals surface area contributed by atoms with Crippen LogP contribution in [0.15, 0.2) is 103 Å². The van der Waals surface area contributed by atoms with Gasteiger partial charge in [0.05, 0.1) is 19.8 Å². The van der Waals surface area contributed by atoms with E-state index in [1.54, 1.807) is 12.2 Å². The lowest BCUT2D eigenvalue weighted by molar-refractivity contribution is -0.160. The van der Waals surface area contributed by atoms with Gasteiger partial charge in [-0.05, 0) is 28.8 Å². The molecular formula is C27H26O4. The average Bonchev–Trinajstić information content (AvgIpc) is 2.83. The molecule has 0 fully saturated rings. The van der Waals surface area contributed by atoms with E-state index in [0.29, 0.717) is 19.8 Å². The van der Waals surface area contributed by atoms with Crippen LogP contribution in [0, 0.1) is 0 Å². The molecule has 0 amide bonds. The molecule has 0 radical (unpaired) electrons. The number of ether oxygens (including phenoxy) is 3. The molecule has 31 heavy (non-hydrogen) atoms. The molecule has 3 atom stereocenters. The first-order valence-corrected chi connectivity index (χ1v) is 10.5. The summed E-state index contributed by atoms with van der Waals surface area (Å²) in [7, 11) is 0. The Hall–Kier alpha value is -3.05. The molecule has 0 spiro atoms. The summed E-state index contributed by atoms with van der Waals surface area (Å²) in [6.45, 7) is 1.14. The fourth-order valence-electron chi connectivity index (χ4n) is 3.53. The van der Waals surface area contributed by atoms with Crippen molar-refractivity contribution in [3.05, 3.63) is 120 Å². The molecule has 0 saturated carbocycles. The fraction of sp³-hybridized carbons (Fsp3) is 0.222. The van der Waals surface area contributed by atoms with Gasteiger partial charge in [-0.3, -0.25) is 4.79 Å². The summed E-state index contributed by atoms with van der Waals surface area (Å²) in [5, 5.41) is 0. The van der Waals surface area contributed by atoms with Crippen LogP contribution in [0.2, 0.25) is 0 Å². The molecule has 4 rings (SSSR count). The summed E-state index contributed by atoms with van der Waals surface area (Å²) in [5.74, 6) is -0.103. The van der Waals surface area contributed by atoms with E-state index in [-0.39, 0.29) is 11.9 Å². The number of hydrogen-bond donors (Lipinski definition) is 0. The molecule has 0 aliphatic heterocycles. The molecule has 0 N–H and O–H groups in total. The van der Waals surface area contributed by atoms with Crippen molar-refractivity contribution in [2.75, 3.05) is 0 Å². The monoisotopic (exact) mass is 414 g/mol. The second-order valence-electron chi connectivity index (χ2n) is 7.50. The zero-order valence-corrected chi connectivity index (χ0v) is 17.3. The minimum Gasteiger partial charge on any atom is -0.367 e. The topological polar surface area (TPSA) is 44.8 Å². The maximum atomic E-state index is 12.7. The first-order valence-electron chi connectivity index (χ1n) is 10.5. The first-order chi connectivity index (χ1) is 15.3. The van der Waals surface area contributed by atoms with E-state index >= 15 is 0 Å². The third-order valence-electron chi connectivity index (χ3n) is 5.20. The molecular weight excluding hydrogens is 388 g/mol. The van der Waals surface area contributed by atoms with Crippen LogP contribution in [-0.4, -0.2) is 24.1 Å². The Labute approximate surface area is 183 Å². The molecule has 0 aromatic heterocycles. The van der Waals surface area contributed by atoms with Crippen molar-refractivity contribution in [2.24, 2.45) is 0 Å². The number of ketones is 1. The Kier molecular flexibility index (Phi) is 7.40. The SMILES string of the molecule is O=C1C=C[C@H](OCc2ccccc2)[C@@H](OCc2ccccc2)[C@@H]1OCc1ccccc1. The van der Waals surface area contributed by atoms with Gasteiger partial charge in [0.25, 0.3) is 0 Å². The van der Waals surface area contributed by atoms with Gasteiger partial charge in [0, 0.05) is 0 Å². The Bertz CT molecular complexity index is 970. The zero-order valence-electron chi connectivity index (χ0n) is 17.3. The van der Waals surface area contributed by atoms with Gasteiger partial charge in [-0.25, -0.2) is 0 Å². The van der Waals surface area contributed by atoms with Gasteiger partial charge in [-0.1, -0.05) is 91.0 Å². The molecule has 4 nitrogen and oxygen atoms in total. The van der Waals surface area contributed by atoms with E-state index < -0.39 is 12.2 Å². The molecule has 0 unspecified atom stereocenters. The lowest BCUT2D eigenvalue weighted by Gasteiger charge is -2.33. The van der Waals surface area contributed by atoms with Crippen LogP contribution in [0.25, 0.3) is 0 Å². The molecule has 0 heterocycles. The van der Waals surface area contributed by atoms with E-state index in [1.165, 1.54) is 0 Å². The second kappa shape index (κ2) is 10.8. The van der Waals surface area contributed by atoms with Gasteiger partial charge >= 0.3 is 0 Å². The van der Waals surface area contributed by atoms with E-state index in [4.69, 9.17) is 14.2 Å². The number of benzene rings is 3. The Morgan fingerprint density at radius 3 is 1.55 bits per heavy atom. The summed E-state index contributed by atoms with van der Waals surface area (Å²) in [5.41, 5.74) is 3.11. The minimum absolute atomic E-state index is 0.103. The highest BCUT2D eigenvalue weighted by Gasteiger charge is 2.38. The van der Waals surface area contributed by atoms with Crippen molar-refractivity contribution in [1.29, 1.82) is 0 Å². The largest absolute Gasteiger partial charge is 0.367 e. The van der Waals surface area contributed by atoms with E-state index in [0.717, 1.165) is 16.7 Å². The quantitative estimate of drug-likeness (QED) is 0.501. The molecule has 158 valence electrons. The molecule has 0 saturated heterocycles. The standard InChI is InChI=1S/C27H26O4/c28-24-16-17-25(29-18-21-10-4-1-5-11-21)27(31-20-23-14-8-3-9-15-23)26(24)30-19-22-12-6-2-7-13-22/h1-17,25-27H,18-20H2/t25-,26+,27+/m0/s1. The van der Waals surface area contributed by atoms with Gasteiger partial charge < -0.3 is 14.2 Å². The van der Waals surface area contributed by atoms with E-state index in [9.17, 15) is 4.79 Å². The normalized spacial score (nSPS) is 20.6.